The van der Waals surface area contributed by atoms with E-state index in [4.69, 9.17) is 5.73 Å². The largest absolute Gasteiger partial charge is 0.324 e. The lowest BCUT2D eigenvalue weighted by Gasteiger charge is -2.27. The molecule has 0 aromatic heterocycles. The molecular formula is C19H23N. The van der Waals surface area contributed by atoms with Gasteiger partial charge in [0.1, 0.15) is 0 Å². The van der Waals surface area contributed by atoms with E-state index in [0.29, 0.717) is 5.92 Å². The molecule has 2 aromatic rings. The highest BCUT2D eigenvalue weighted by Gasteiger charge is 2.21. The average Bonchev–Trinajstić information content (AvgIpc) is 2.58. The fraction of sp³-hybridized carbons (Fsp3) is 0.368. The molecule has 2 aromatic carbocycles. The third kappa shape index (κ3) is 4.82. The van der Waals surface area contributed by atoms with Gasteiger partial charge in [-0.3, -0.25) is 0 Å². The van der Waals surface area contributed by atoms with Crippen LogP contribution < -0.4 is 5.73 Å². The van der Waals surface area contributed by atoms with E-state index in [0.717, 1.165) is 0 Å². The standard InChI is InChI=1S/C13H18N.C6H5/c14-13(11-7-3-1-4-8-11)12-9-5-2-6-10-12;1-2-4-6-5-3-1/h5-6,9-11,13H,1,3-4,7-8,14H2;1-5H. The van der Waals surface area contributed by atoms with Crippen molar-refractivity contribution >= 4 is 0 Å². The molecule has 0 amide bonds. The van der Waals surface area contributed by atoms with Crippen LogP contribution in [-0.2, 0) is 0 Å². The van der Waals surface area contributed by atoms with Crippen molar-refractivity contribution in [3.63, 3.8) is 0 Å². The van der Waals surface area contributed by atoms with Crippen LogP contribution >= 0.6 is 0 Å². The van der Waals surface area contributed by atoms with Crippen LogP contribution in [0.4, 0.5) is 0 Å². The zero-order valence-corrected chi connectivity index (χ0v) is 12.0. The van der Waals surface area contributed by atoms with Crippen molar-refractivity contribution in [2.75, 3.05) is 0 Å². The Morgan fingerprint density at radius 3 is 1.95 bits per heavy atom. The van der Waals surface area contributed by atoms with E-state index < -0.39 is 0 Å². The SMILES string of the molecule is NC(c1cc[c]cc1)C1CCCCC1.[c]1ccccc1. The van der Waals surface area contributed by atoms with Crippen LogP contribution in [0.15, 0.2) is 54.6 Å². The normalized spacial score (nSPS) is 16.9. The van der Waals surface area contributed by atoms with Crippen molar-refractivity contribution in [2.45, 2.75) is 38.1 Å². The molecule has 104 valence electrons. The van der Waals surface area contributed by atoms with Crippen LogP contribution in [0.25, 0.3) is 0 Å². The first kappa shape index (κ1) is 14.8. The van der Waals surface area contributed by atoms with Gasteiger partial charge in [0.05, 0.1) is 0 Å². The molecular weight excluding hydrogens is 242 g/mol. The summed E-state index contributed by atoms with van der Waals surface area (Å²) in [5.74, 6) is 0.700. The quantitative estimate of drug-likeness (QED) is 0.846. The van der Waals surface area contributed by atoms with Crippen LogP contribution in [0.5, 0.6) is 0 Å². The Labute approximate surface area is 122 Å². The van der Waals surface area contributed by atoms with Crippen LogP contribution in [-0.4, -0.2) is 0 Å². The van der Waals surface area contributed by atoms with Gasteiger partial charge < -0.3 is 5.73 Å². The molecule has 0 saturated heterocycles. The maximum absolute atomic E-state index is 6.26. The van der Waals surface area contributed by atoms with Gasteiger partial charge in [-0.15, -0.1) is 0 Å². The molecule has 1 fully saturated rings. The van der Waals surface area contributed by atoms with Crippen molar-refractivity contribution in [1.29, 1.82) is 0 Å². The minimum atomic E-state index is 0.241. The van der Waals surface area contributed by atoms with E-state index in [1.54, 1.807) is 0 Å². The van der Waals surface area contributed by atoms with Gasteiger partial charge in [0.2, 0.25) is 0 Å². The summed E-state index contributed by atoms with van der Waals surface area (Å²) in [6.45, 7) is 0. The first-order chi connectivity index (χ1) is 9.88. The lowest BCUT2D eigenvalue weighted by molar-refractivity contribution is 0.308. The molecule has 0 aliphatic heterocycles. The van der Waals surface area contributed by atoms with Crippen LogP contribution in [0.2, 0.25) is 0 Å². The van der Waals surface area contributed by atoms with E-state index in [2.05, 4.69) is 24.3 Å². The van der Waals surface area contributed by atoms with Gasteiger partial charge in [0.25, 0.3) is 0 Å². The second-order valence-electron chi connectivity index (χ2n) is 5.33. The highest BCUT2D eigenvalue weighted by Crippen LogP contribution is 2.32. The Balaban J connectivity index is 0.000000205. The predicted molar refractivity (Wildman–Crippen MR) is 84.1 cm³/mol. The van der Waals surface area contributed by atoms with Gasteiger partial charge in [0.15, 0.2) is 0 Å². The molecule has 1 unspecified atom stereocenters. The molecule has 1 saturated carbocycles. The summed E-state index contributed by atoms with van der Waals surface area (Å²) in [5.41, 5.74) is 7.53. The average molecular weight is 265 g/mol. The summed E-state index contributed by atoms with van der Waals surface area (Å²) in [6.07, 6.45) is 6.72. The Morgan fingerprint density at radius 2 is 1.45 bits per heavy atom. The van der Waals surface area contributed by atoms with Gasteiger partial charge in [-0.1, -0.05) is 73.9 Å². The summed E-state index contributed by atoms with van der Waals surface area (Å²) in [4.78, 5) is 0. The predicted octanol–water partition coefficient (Wildman–Crippen LogP) is 4.55. The van der Waals surface area contributed by atoms with E-state index in [9.17, 15) is 0 Å². The summed E-state index contributed by atoms with van der Waals surface area (Å²) >= 11 is 0. The topological polar surface area (TPSA) is 26.0 Å². The summed E-state index contributed by atoms with van der Waals surface area (Å²) in [7, 11) is 0. The molecule has 2 N–H and O–H groups in total. The molecule has 1 nitrogen and oxygen atoms in total. The molecule has 1 aliphatic rings. The Morgan fingerprint density at radius 1 is 0.850 bits per heavy atom. The van der Waals surface area contributed by atoms with Crippen LogP contribution in [0.3, 0.4) is 0 Å². The van der Waals surface area contributed by atoms with E-state index >= 15 is 0 Å². The molecule has 1 heteroatoms. The maximum Gasteiger partial charge on any atom is 0.0323 e. The lowest BCUT2D eigenvalue weighted by Crippen LogP contribution is -2.23. The van der Waals surface area contributed by atoms with Crippen molar-refractivity contribution in [3.8, 4) is 0 Å². The summed E-state index contributed by atoms with van der Waals surface area (Å²) in [6, 6.07) is 23.9. The molecule has 0 spiro atoms. The second-order valence-corrected chi connectivity index (χ2v) is 5.33. The molecule has 1 aliphatic carbocycles. The van der Waals surface area contributed by atoms with Crippen molar-refractivity contribution in [2.24, 2.45) is 11.7 Å². The van der Waals surface area contributed by atoms with Gasteiger partial charge in [-0.25, -0.2) is 0 Å². The van der Waals surface area contributed by atoms with Crippen LogP contribution in [0.1, 0.15) is 43.7 Å². The molecule has 3 rings (SSSR count). The highest BCUT2D eigenvalue weighted by molar-refractivity contribution is 5.18. The van der Waals surface area contributed by atoms with E-state index in [-0.39, 0.29) is 6.04 Å². The second kappa shape index (κ2) is 8.55. The Bertz CT molecular complexity index is 419. The number of benzene rings is 2. The number of hydrogen-bond acceptors (Lipinski definition) is 1. The number of nitrogens with two attached hydrogens (primary N) is 1. The minimum Gasteiger partial charge on any atom is -0.324 e. The Hall–Kier alpha value is -1.60. The fourth-order valence-electron chi connectivity index (χ4n) is 2.73. The van der Waals surface area contributed by atoms with Gasteiger partial charge >= 0.3 is 0 Å². The third-order valence-corrected chi connectivity index (χ3v) is 3.89. The zero-order chi connectivity index (χ0) is 14.0. The minimum absolute atomic E-state index is 0.241. The monoisotopic (exact) mass is 265 g/mol. The smallest absolute Gasteiger partial charge is 0.0323 e. The first-order valence-corrected chi connectivity index (χ1v) is 7.50. The zero-order valence-electron chi connectivity index (χ0n) is 12.0. The molecule has 0 bridgehead atoms. The number of rotatable bonds is 2. The van der Waals surface area contributed by atoms with Crippen LogP contribution in [0, 0.1) is 18.1 Å². The molecule has 2 radical (unpaired) electrons. The van der Waals surface area contributed by atoms with Crippen molar-refractivity contribution < 1.29 is 0 Å². The maximum atomic E-state index is 6.26. The van der Waals surface area contributed by atoms with E-state index in [1.807, 2.05) is 42.5 Å². The first-order valence-electron chi connectivity index (χ1n) is 7.50. The van der Waals surface area contributed by atoms with Gasteiger partial charge in [-0.05, 0) is 36.5 Å². The van der Waals surface area contributed by atoms with Crippen molar-refractivity contribution in [1.82, 2.24) is 0 Å². The van der Waals surface area contributed by atoms with Gasteiger partial charge in [-0.2, -0.15) is 0 Å². The van der Waals surface area contributed by atoms with Gasteiger partial charge in [0, 0.05) is 6.04 Å². The third-order valence-electron chi connectivity index (χ3n) is 3.89. The number of hydrogen-bond donors (Lipinski definition) is 1. The Kier molecular flexibility index (Phi) is 6.33. The molecule has 20 heavy (non-hydrogen) atoms. The molecule has 0 heterocycles. The lowest BCUT2D eigenvalue weighted by atomic mass is 9.82. The summed E-state index contributed by atoms with van der Waals surface area (Å²) < 4.78 is 0. The molecule has 1 atom stereocenters. The fourth-order valence-corrected chi connectivity index (χ4v) is 2.73. The highest BCUT2D eigenvalue weighted by atomic mass is 14.7. The van der Waals surface area contributed by atoms with E-state index in [1.165, 1.54) is 37.7 Å². The summed E-state index contributed by atoms with van der Waals surface area (Å²) in [5, 5.41) is 0. The van der Waals surface area contributed by atoms with Crippen molar-refractivity contribution in [3.05, 3.63) is 72.3 Å².